The minimum Gasteiger partial charge on any atom is -0.493 e. The lowest BCUT2D eigenvalue weighted by molar-refractivity contribution is -0.130. The van der Waals surface area contributed by atoms with Gasteiger partial charge >= 0.3 is 0 Å². The summed E-state index contributed by atoms with van der Waals surface area (Å²) in [5.74, 6) is 1.19. The molecule has 1 amide bonds. The second kappa shape index (κ2) is 7.66. The first-order chi connectivity index (χ1) is 10.9. The lowest BCUT2D eigenvalue weighted by Crippen LogP contribution is -2.32. The van der Waals surface area contributed by atoms with Gasteiger partial charge in [-0.1, -0.05) is 6.07 Å². The maximum absolute atomic E-state index is 12.4. The molecule has 6 heteroatoms. The predicted molar refractivity (Wildman–Crippen MR) is 85.8 cm³/mol. The summed E-state index contributed by atoms with van der Waals surface area (Å²) in [6.45, 7) is 4.57. The number of hydrogen-bond acceptors (Lipinski definition) is 5. The molecule has 0 saturated carbocycles. The van der Waals surface area contributed by atoms with Crippen LogP contribution in [0.15, 0.2) is 18.2 Å². The Morgan fingerprint density at radius 2 is 1.96 bits per heavy atom. The Bertz CT molecular complexity index is 546. The van der Waals surface area contributed by atoms with Crippen molar-refractivity contribution in [2.24, 2.45) is 0 Å². The van der Waals surface area contributed by atoms with Gasteiger partial charge in [0.15, 0.2) is 11.5 Å². The highest BCUT2D eigenvalue weighted by molar-refractivity contribution is 5.79. The molecule has 2 rings (SSSR count). The molecule has 0 aliphatic carbocycles. The van der Waals surface area contributed by atoms with E-state index in [0.29, 0.717) is 24.6 Å². The standard InChI is InChI=1S/C17H25NO5/c1-11(2)23-16-10-18(9-13(16)19)17(20)8-12-5-6-14(21-3)15(7-12)22-4/h5-7,11,13,16,19H,8-10H2,1-4H3/t13-,16-/m0/s1. The number of amides is 1. The second-order valence-electron chi connectivity index (χ2n) is 5.96. The van der Waals surface area contributed by atoms with Crippen LogP contribution in [-0.4, -0.2) is 61.5 Å². The number of methoxy groups -OCH3 is 2. The van der Waals surface area contributed by atoms with Crippen LogP contribution < -0.4 is 9.47 Å². The van der Waals surface area contributed by atoms with E-state index in [1.165, 1.54) is 0 Å². The van der Waals surface area contributed by atoms with E-state index in [4.69, 9.17) is 14.2 Å². The van der Waals surface area contributed by atoms with Crippen molar-refractivity contribution >= 4 is 5.91 Å². The summed E-state index contributed by atoms with van der Waals surface area (Å²) in [5.41, 5.74) is 0.843. The van der Waals surface area contributed by atoms with Crippen molar-refractivity contribution in [3.05, 3.63) is 23.8 Å². The Morgan fingerprint density at radius 1 is 1.26 bits per heavy atom. The average Bonchev–Trinajstić information content (AvgIpc) is 2.87. The quantitative estimate of drug-likeness (QED) is 0.853. The van der Waals surface area contributed by atoms with E-state index in [9.17, 15) is 9.90 Å². The van der Waals surface area contributed by atoms with Crippen LogP contribution in [0.25, 0.3) is 0 Å². The topological polar surface area (TPSA) is 68.2 Å². The number of aliphatic hydroxyl groups is 1. The molecule has 0 spiro atoms. The summed E-state index contributed by atoms with van der Waals surface area (Å²) >= 11 is 0. The molecule has 0 aromatic heterocycles. The van der Waals surface area contributed by atoms with Gasteiger partial charge in [0.2, 0.25) is 5.91 Å². The molecule has 23 heavy (non-hydrogen) atoms. The van der Waals surface area contributed by atoms with Gasteiger partial charge in [-0.3, -0.25) is 4.79 Å². The molecule has 2 atom stereocenters. The van der Waals surface area contributed by atoms with Crippen molar-refractivity contribution in [2.45, 2.75) is 38.6 Å². The number of rotatable bonds is 6. The van der Waals surface area contributed by atoms with Gasteiger partial charge in [0.05, 0.1) is 32.8 Å². The van der Waals surface area contributed by atoms with Gasteiger partial charge in [-0.2, -0.15) is 0 Å². The first-order valence-corrected chi connectivity index (χ1v) is 7.76. The van der Waals surface area contributed by atoms with Gasteiger partial charge in [-0.15, -0.1) is 0 Å². The fourth-order valence-electron chi connectivity index (χ4n) is 2.72. The van der Waals surface area contributed by atoms with Crippen molar-refractivity contribution in [1.82, 2.24) is 4.90 Å². The van der Waals surface area contributed by atoms with Crippen LogP contribution in [0, 0.1) is 0 Å². The van der Waals surface area contributed by atoms with Gasteiger partial charge < -0.3 is 24.2 Å². The minimum absolute atomic E-state index is 0.0237. The summed E-state index contributed by atoms with van der Waals surface area (Å²) in [7, 11) is 3.14. The second-order valence-corrected chi connectivity index (χ2v) is 5.96. The third-order valence-corrected chi connectivity index (χ3v) is 3.84. The number of nitrogens with zero attached hydrogens (tertiary/aromatic N) is 1. The Hall–Kier alpha value is -1.79. The molecule has 1 aromatic carbocycles. The van der Waals surface area contributed by atoms with E-state index in [1.54, 1.807) is 31.3 Å². The van der Waals surface area contributed by atoms with Crippen LogP contribution in [0.1, 0.15) is 19.4 Å². The number of carbonyl (C=O) groups excluding carboxylic acids is 1. The predicted octanol–water partition coefficient (Wildman–Crippen LogP) is 1.24. The molecule has 1 aliphatic heterocycles. The summed E-state index contributed by atoms with van der Waals surface area (Å²) < 4.78 is 16.1. The van der Waals surface area contributed by atoms with Gasteiger partial charge in [0, 0.05) is 13.1 Å². The molecule has 1 aromatic rings. The van der Waals surface area contributed by atoms with E-state index < -0.39 is 6.10 Å². The zero-order valence-electron chi connectivity index (χ0n) is 14.1. The first-order valence-electron chi connectivity index (χ1n) is 7.76. The molecule has 6 nitrogen and oxygen atoms in total. The largest absolute Gasteiger partial charge is 0.493 e. The van der Waals surface area contributed by atoms with Crippen molar-refractivity contribution in [1.29, 1.82) is 0 Å². The van der Waals surface area contributed by atoms with E-state index >= 15 is 0 Å². The van der Waals surface area contributed by atoms with Crippen molar-refractivity contribution in [3.63, 3.8) is 0 Å². The van der Waals surface area contributed by atoms with Gasteiger partial charge in [0.25, 0.3) is 0 Å². The number of likely N-dealkylation sites (tertiary alicyclic amines) is 1. The molecule has 1 aliphatic rings. The highest BCUT2D eigenvalue weighted by atomic mass is 16.5. The number of aliphatic hydroxyl groups excluding tert-OH is 1. The number of carbonyl (C=O) groups is 1. The van der Waals surface area contributed by atoms with E-state index in [0.717, 1.165) is 5.56 Å². The van der Waals surface area contributed by atoms with Gasteiger partial charge in [-0.05, 0) is 31.5 Å². The highest BCUT2D eigenvalue weighted by Gasteiger charge is 2.35. The lowest BCUT2D eigenvalue weighted by Gasteiger charge is -2.18. The minimum atomic E-state index is -0.633. The van der Waals surface area contributed by atoms with Crippen LogP contribution in [0.2, 0.25) is 0 Å². The third-order valence-electron chi connectivity index (χ3n) is 3.84. The average molecular weight is 323 g/mol. The zero-order valence-corrected chi connectivity index (χ0v) is 14.1. The molecular formula is C17H25NO5. The summed E-state index contributed by atoms with van der Waals surface area (Å²) in [6, 6.07) is 5.42. The number of ether oxygens (including phenoxy) is 3. The normalized spacial score (nSPS) is 20.9. The number of β-amino-alcohol motifs (C(OH)–C–C–N with tert-alkyl or cyclic N) is 1. The Balaban J connectivity index is 2.00. The Labute approximate surface area is 136 Å². The van der Waals surface area contributed by atoms with Crippen molar-refractivity contribution < 1.29 is 24.1 Å². The van der Waals surface area contributed by atoms with Crippen LogP contribution in [0.3, 0.4) is 0 Å². The summed E-state index contributed by atoms with van der Waals surface area (Å²) in [5, 5.41) is 10.0. The highest BCUT2D eigenvalue weighted by Crippen LogP contribution is 2.28. The first kappa shape index (κ1) is 17.6. The van der Waals surface area contributed by atoms with E-state index in [1.807, 2.05) is 19.9 Å². The molecule has 1 heterocycles. The summed E-state index contributed by atoms with van der Waals surface area (Å²) in [6.07, 6.45) is -0.673. The van der Waals surface area contributed by atoms with E-state index in [2.05, 4.69) is 0 Å². The molecule has 0 bridgehead atoms. The number of hydrogen-bond donors (Lipinski definition) is 1. The number of benzene rings is 1. The molecule has 128 valence electrons. The SMILES string of the molecule is COc1ccc(CC(=O)N2C[C@H](OC(C)C)[C@@H](O)C2)cc1OC. The smallest absolute Gasteiger partial charge is 0.227 e. The lowest BCUT2D eigenvalue weighted by atomic mass is 10.1. The van der Waals surface area contributed by atoms with E-state index in [-0.39, 0.29) is 24.5 Å². The monoisotopic (exact) mass is 323 g/mol. The fourth-order valence-corrected chi connectivity index (χ4v) is 2.72. The van der Waals surface area contributed by atoms with Crippen LogP contribution in [-0.2, 0) is 16.0 Å². The summed E-state index contributed by atoms with van der Waals surface area (Å²) in [4.78, 5) is 14.1. The van der Waals surface area contributed by atoms with Gasteiger partial charge in [-0.25, -0.2) is 0 Å². The molecule has 1 N–H and O–H groups in total. The van der Waals surface area contributed by atoms with Crippen molar-refractivity contribution in [2.75, 3.05) is 27.3 Å². The maximum Gasteiger partial charge on any atom is 0.227 e. The van der Waals surface area contributed by atoms with Crippen LogP contribution >= 0.6 is 0 Å². The molecule has 1 saturated heterocycles. The molecule has 0 unspecified atom stereocenters. The Kier molecular flexibility index (Phi) is 5.85. The Morgan fingerprint density at radius 3 is 2.57 bits per heavy atom. The maximum atomic E-state index is 12.4. The third kappa shape index (κ3) is 4.36. The molecule has 0 radical (unpaired) electrons. The zero-order chi connectivity index (χ0) is 17.0. The van der Waals surface area contributed by atoms with Crippen LogP contribution in [0.4, 0.5) is 0 Å². The van der Waals surface area contributed by atoms with Crippen LogP contribution in [0.5, 0.6) is 11.5 Å². The molecular weight excluding hydrogens is 298 g/mol. The van der Waals surface area contributed by atoms with Gasteiger partial charge in [0.1, 0.15) is 6.10 Å². The molecule has 1 fully saturated rings. The fraction of sp³-hybridized carbons (Fsp3) is 0.588. The van der Waals surface area contributed by atoms with Crippen molar-refractivity contribution in [3.8, 4) is 11.5 Å².